The van der Waals surface area contributed by atoms with E-state index in [4.69, 9.17) is 4.42 Å². The number of nitrogens with one attached hydrogen (secondary N) is 1. The van der Waals surface area contributed by atoms with Gasteiger partial charge in [-0.25, -0.2) is 9.18 Å². The third kappa shape index (κ3) is 3.52. The number of alkyl halides is 2. The van der Waals surface area contributed by atoms with Gasteiger partial charge in [-0.3, -0.25) is 4.90 Å². The Kier molecular flexibility index (Phi) is 4.85. The van der Waals surface area contributed by atoms with E-state index in [2.05, 4.69) is 15.5 Å². The number of benzene rings is 2. The van der Waals surface area contributed by atoms with Crippen LogP contribution in [0.15, 0.2) is 46.9 Å². The molecule has 5 rings (SSSR count). The Morgan fingerprint density at radius 1 is 1.16 bits per heavy atom. The molecule has 7 nitrogen and oxygen atoms in total. The van der Waals surface area contributed by atoms with Crippen molar-refractivity contribution in [3.05, 3.63) is 65.3 Å². The van der Waals surface area contributed by atoms with Gasteiger partial charge in [0.05, 0.1) is 18.3 Å². The van der Waals surface area contributed by atoms with Crippen LogP contribution in [0.4, 0.5) is 23.7 Å². The molecule has 2 aliphatic rings. The Bertz CT molecular complexity index is 1130. The van der Waals surface area contributed by atoms with Crippen molar-refractivity contribution >= 4 is 11.7 Å². The molecule has 10 heteroatoms. The lowest BCUT2D eigenvalue weighted by Crippen LogP contribution is -2.62. The van der Waals surface area contributed by atoms with Gasteiger partial charge in [0.1, 0.15) is 5.82 Å². The first-order valence-electron chi connectivity index (χ1n) is 9.78. The summed E-state index contributed by atoms with van der Waals surface area (Å²) in [6.45, 7) is 2.01. The molecule has 0 atom stereocenters. The summed E-state index contributed by atoms with van der Waals surface area (Å²) in [7, 11) is 0. The zero-order chi connectivity index (χ0) is 21.5. The molecule has 1 aromatic heterocycles. The SMILES string of the molecule is O=C1N(Cc2ccc(-c3nnc(C(F)F)o3)cc2F)c2ccccc2CN1C1CNC1. The lowest BCUT2D eigenvalue weighted by molar-refractivity contribution is 0.116. The van der Waals surface area contributed by atoms with E-state index in [1.54, 1.807) is 9.80 Å². The number of amides is 2. The molecular weight excluding hydrogens is 411 g/mol. The van der Waals surface area contributed by atoms with Gasteiger partial charge < -0.3 is 14.6 Å². The Balaban J connectivity index is 1.43. The zero-order valence-corrected chi connectivity index (χ0v) is 16.3. The van der Waals surface area contributed by atoms with Crippen LogP contribution in [0.3, 0.4) is 0 Å². The fourth-order valence-corrected chi connectivity index (χ4v) is 3.77. The van der Waals surface area contributed by atoms with Gasteiger partial charge in [-0.05, 0) is 23.8 Å². The first kappa shape index (κ1) is 19.6. The molecule has 0 radical (unpaired) electrons. The van der Waals surface area contributed by atoms with Crippen LogP contribution in [0.1, 0.15) is 23.4 Å². The third-order valence-electron chi connectivity index (χ3n) is 5.56. The number of hydrogen-bond donors (Lipinski definition) is 1. The first-order valence-corrected chi connectivity index (χ1v) is 9.78. The van der Waals surface area contributed by atoms with E-state index in [-0.39, 0.29) is 35.6 Å². The number of fused-ring (bicyclic) bond motifs is 1. The van der Waals surface area contributed by atoms with Crippen LogP contribution in [0.2, 0.25) is 0 Å². The fourth-order valence-electron chi connectivity index (χ4n) is 3.77. The van der Waals surface area contributed by atoms with Crippen LogP contribution in [0.25, 0.3) is 11.5 Å². The van der Waals surface area contributed by atoms with Crippen molar-refractivity contribution in [1.82, 2.24) is 20.4 Å². The molecule has 1 fully saturated rings. The van der Waals surface area contributed by atoms with Crippen molar-refractivity contribution in [2.45, 2.75) is 25.6 Å². The van der Waals surface area contributed by atoms with Gasteiger partial charge in [-0.1, -0.05) is 24.3 Å². The zero-order valence-electron chi connectivity index (χ0n) is 16.3. The topological polar surface area (TPSA) is 74.5 Å². The summed E-state index contributed by atoms with van der Waals surface area (Å²) >= 11 is 0. The average Bonchev–Trinajstić information content (AvgIpc) is 3.21. The molecule has 0 spiro atoms. The van der Waals surface area contributed by atoms with Gasteiger partial charge in [-0.2, -0.15) is 8.78 Å². The fraction of sp³-hybridized carbons (Fsp3) is 0.286. The minimum Gasteiger partial charge on any atom is -0.415 e. The summed E-state index contributed by atoms with van der Waals surface area (Å²) in [6.07, 6.45) is -2.90. The molecule has 3 heterocycles. The van der Waals surface area contributed by atoms with Crippen LogP contribution in [-0.4, -0.2) is 40.3 Å². The minimum atomic E-state index is -2.90. The molecule has 0 saturated carbocycles. The molecule has 0 bridgehead atoms. The van der Waals surface area contributed by atoms with Gasteiger partial charge in [-0.15, -0.1) is 10.2 Å². The number of carbonyl (C=O) groups excluding carboxylic acids is 1. The number of hydrogen-bond acceptors (Lipinski definition) is 5. The summed E-state index contributed by atoms with van der Waals surface area (Å²) in [4.78, 5) is 16.6. The number of nitrogens with zero attached hydrogens (tertiary/aromatic N) is 4. The van der Waals surface area contributed by atoms with Gasteiger partial charge in [0, 0.05) is 30.8 Å². The number of para-hydroxylation sites is 1. The number of urea groups is 1. The Hall–Kier alpha value is -3.40. The van der Waals surface area contributed by atoms with Crippen molar-refractivity contribution in [2.75, 3.05) is 18.0 Å². The average molecular weight is 429 g/mol. The number of halogens is 3. The number of anilines is 1. The van der Waals surface area contributed by atoms with E-state index in [9.17, 15) is 18.0 Å². The van der Waals surface area contributed by atoms with Gasteiger partial charge in [0.2, 0.25) is 5.89 Å². The van der Waals surface area contributed by atoms with Crippen molar-refractivity contribution < 1.29 is 22.4 Å². The third-order valence-corrected chi connectivity index (χ3v) is 5.56. The standard InChI is InChI=1S/C21H18F3N5O2/c22-16-7-12(19-26-27-20(31-19)18(23)24)5-6-13(16)10-29-17-4-2-1-3-14(17)11-28(21(29)30)15-8-25-9-15/h1-7,15,18,25H,8-11H2. The van der Waals surface area contributed by atoms with E-state index in [1.165, 1.54) is 12.1 Å². The summed E-state index contributed by atoms with van der Waals surface area (Å²) in [6, 6.07) is 11.7. The second-order valence-electron chi connectivity index (χ2n) is 7.49. The van der Waals surface area contributed by atoms with Gasteiger partial charge >= 0.3 is 12.5 Å². The highest BCUT2D eigenvalue weighted by Gasteiger charge is 2.37. The highest BCUT2D eigenvalue weighted by Crippen LogP contribution is 2.32. The predicted molar refractivity (Wildman–Crippen MR) is 105 cm³/mol. The van der Waals surface area contributed by atoms with Crippen LogP contribution in [0, 0.1) is 5.82 Å². The summed E-state index contributed by atoms with van der Waals surface area (Å²) in [5.41, 5.74) is 2.22. The number of carbonyl (C=O) groups is 1. The van der Waals surface area contributed by atoms with E-state index in [0.29, 0.717) is 6.54 Å². The number of aromatic nitrogens is 2. The molecule has 2 aliphatic heterocycles. The Morgan fingerprint density at radius 2 is 1.97 bits per heavy atom. The number of rotatable bonds is 5. The van der Waals surface area contributed by atoms with Crippen LogP contribution in [-0.2, 0) is 13.1 Å². The van der Waals surface area contributed by atoms with Crippen LogP contribution >= 0.6 is 0 Å². The van der Waals surface area contributed by atoms with Gasteiger partial charge in [0.15, 0.2) is 0 Å². The van der Waals surface area contributed by atoms with Crippen molar-refractivity contribution in [2.24, 2.45) is 0 Å². The smallest absolute Gasteiger partial charge is 0.325 e. The molecule has 31 heavy (non-hydrogen) atoms. The first-order chi connectivity index (χ1) is 15.0. The summed E-state index contributed by atoms with van der Waals surface area (Å²) < 4.78 is 45.1. The maximum absolute atomic E-state index is 14.9. The molecule has 160 valence electrons. The van der Waals surface area contributed by atoms with E-state index >= 15 is 0 Å². The van der Waals surface area contributed by atoms with Crippen LogP contribution in [0.5, 0.6) is 0 Å². The van der Waals surface area contributed by atoms with E-state index < -0.39 is 18.1 Å². The highest BCUT2D eigenvalue weighted by molar-refractivity contribution is 5.95. The molecule has 1 saturated heterocycles. The van der Waals surface area contributed by atoms with E-state index in [1.807, 2.05) is 24.3 Å². The van der Waals surface area contributed by atoms with Crippen LogP contribution < -0.4 is 10.2 Å². The highest BCUT2D eigenvalue weighted by atomic mass is 19.3. The Labute approximate surface area is 175 Å². The maximum atomic E-state index is 14.9. The van der Waals surface area contributed by atoms with Crippen molar-refractivity contribution in [3.8, 4) is 11.5 Å². The van der Waals surface area contributed by atoms with Crippen molar-refractivity contribution in [3.63, 3.8) is 0 Å². The van der Waals surface area contributed by atoms with Crippen molar-refractivity contribution in [1.29, 1.82) is 0 Å². The second kappa shape index (κ2) is 7.69. The second-order valence-corrected chi connectivity index (χ2v) is 7.49. The molecule has 3 aromatic rings. The molecule has 2 amide bonds. The molecule has 2 aromatic carbocycles. The lowest BCUT2D eigenvalue weighted by atomic mass is 10.0. The molecule has 1 N–H and O–H groups in total. The minimum absolute atomic E-state index is 0.0325. The molecular formula is C21H18F3N5O2. The monoisotopic (exact) mass is 429 g/mol. The molecule has 0 aliphatic carbocycles. The normalized spacial score (nSPS) is 16.6. The lowest BCUT2D eigenvalue weighted by Gasteiger charge is -2.44. The quantitative estimate of drug-likeness (QED) is 0.669. The van der Waals surface area contributed by atoms with Gasteiger partial charge in [0.25, 0.3) is 5.89 Å². The summed E-state index contributed by atoms with van der Waals surface area (Å²) in [5.74, 6) is -1.61. The largest absolute Gasteiger partial charge is 0.415 e. The summed E-state index contributed by atoms with van der Waals surface area (Å²) in [5, 5.41) is 9.97. The van der Waals surface area contributed by atoms with E-state index in [0.717, 1.165) is 30.4 Å². The predicted octanol–water partition coefficient (Wildman–Crippen LogP) is 3.73. The molecule has 0 unspecified atom stereocenters. The maximum Gasteiger partial charge on any atom is 0.325 e. The Morgan fingerprint density at radius 3 is 2.65 bits per heavy atom.